The van der Waals surface area contributed by atoms with Gasteiger partial charge in [0.25, 0.3) is 0 Å². The van der Waals surface area contributed by atoms with Crippen LogP contribution in [0.2, 0.25) is 0 Å². The first kappa shape index (κ1) is 49.2. The van der Waals surface area contributed by atoms with Crippen molar-refractivity contribution in [2.45, 2.75) is 209 Å². The van der Waals surface area contributed by atoms with E-state index in [9.17, 15) is 49.8 Å². The first-order valence-corrected chi connectivity index (χ1v) is 21.4. The lowest BCUT2D eigenvalue weighted by Crippen LogP contribution is -2.63. The molecule has 0 radical (unpaired) electrons. The van der Waals surface area contributed by atoms with Crippen LogP contribution in [0.15, 0.2) is 0 Å². The molecule has 7 N–H and O–H groups in total. The van der Waals surface area contributed by atoms with Crippen LogP contribution in [-0.2, 0) is 38.1 Å². The summed E-state index contributed by atoms with van der Waals surface area (Å²) in [5, 5.41) is 69.9. The minimum Gasteiger partial charge on any atom is -0.481 e. The standard InChI is InChI=1S/C41H71NO15/c1-26-38(57-41-36(51)34(49)33(48)29(25-43)56-41)35(50)37(52)40(55-26)54-23-21-19-17-15-13-11-9-7-5-3-4-6-8-10-12-14-16-18-20-22-28(44)31-32(47)27(24-30(45)46)42(2)39(31)53/h26-27,29,31,33-38,40-41,43,48-52H,3-25H2,1-2H3,(H,45,46)/t26-,27-,29-,31?,33-,34+,35-,36-,37-,38-,40-,41+/m1/s1. The molecule has 3 aliphatic rings. The summed E-state index contributed by atoms with van der Waals surface area (Å²) >= 11 is 0. The van der Waals surface area contributed by atoms with Crippen LogP contribution in [0.3, 0.4) is 0 Å². The molecule has 0 saturated carbocycles. The van der Waals surface area contributed by atoms with Crippen molar-refractivity contribution in [1.29, 1.82) is 0 Å². The number of aliphatic hydroxyl groups is 6. The van der Waals surface area contributed by atoms with Crippen LogP contribution in [-0.4, -0.2) is 152 Å². The highest BCUT2D eigenvalue weighted by Crippen LogP contribution is 2.30. The number of hydrogen-bond acceptors (Lipinski definition) is 14. The van der Waals surface area contributed by atoms with Crippen molar-refractivity contribution in [2.75, 3.05) is 20.3 Å². The molecule has 1 amide bonds. The molecule has 0 aliphatic carbocycles. The van der Waals surface area contributed by atoms with Crippen molar-refractivity contribution >= 4 is 23.4 Å². The number of unbranched alkanes of at least 4 members (excludes halogenated alkanes) is 18. The monoisotopic (exact) mass is 817 g/mol. The minimum absolute atomic E-state index is 0.175. The second-order valence-corrected chi connectivity index (χ2v) is 16.2. The number of Topliss-reactive ketones (excluding diaryl/α,β-unsaturated/α-hetero) is 2. The van der Waals surface area contributed by atoms with E-state index in [1.807, 2.05) is 0 Å². The third-order valence-electron chi connectivity index (χ3n) is 11.6. The largest absolute Gasteiger partial charge is 0.481 e. The van der Waals surface area contributed by atoms with Crippen molar-refractivity contribution in [2.24, 2.45) is 5.92 Å². The maximum absolute atomic E-state index is 12.5. The van der Waals surface area contributed by atoms with E-state index in [-0.39, 0.29) is 12.2 Å². The zero-order chi connectivity index (χ0) is 41.9. The molecule has 3 heterocycles. The average Bonchev–Trinajstić information content (AvgIpc) is 3.39. The fourth-order valence-electron chi connectivity index (χ4n) is 7.98. The Bertz CT molecular complexity index is 1200. The summed E-state index contributed by atoms with van der Waals surface area (Å²) in [6, 6.07) is -1.05. The van der Waals surface area contributed by atoms with Crippen molar-refractivity contribution in [3.8, 4) is 0 Å². The molecule has 3 rings (SSSR count). The highest BCUT2D eigenvalue weighted by Gasteiger charge is 2.51. The molecular formula is C41H71NO15. The summed E-state index contributed by atoms with van der Waals surface area (Å²) in [4.78, 5) is 49.4. The molecule has 330 valence electrons. The number of carboxylic acid groups (broad SMARTS) is 1. The zero-order valence-electron chi connectivity index (χ0n) is 34.0. The van der Waals surface area contributed by atoms with Gasteiger partial charge in [0.15, 0.2) is 30.1 Å². The lowest BCUT2D eigenvalue weighted by atomic mass is 9.93. The average molecular weight is 818 g/mol. The molecule has 57 heavy (non-hydrogen) atoms. The van der Waals surface area contributed by atoms with Crippen molar-refractivity contribution in [3.63, 3.8) is 0 Å². The van der Waals surface area contributed by atoms with Gasteiger partial charge in [0.1, 0.15) is 48.8 Å². The van der Waals surface area contributed by atoms with Gasteiger partial charge in [-0.25, -0.2) is 0 Å². The molecule has 3 fully saturated rings. The Morgan fingerprint density at radius 2 is 1.12 bits per heavy atom. The van der Waals surface area contributed by atoms with Gasteiger partial charge in [0.05, 0.1) is 19.1 Å². The second kappa shape index (κ2) is 26.2. The lowest BCUT2D eigenvalue weighted by molar-refractivity contribution is -0.355. The van der Waals surface area contributed by atoms with Gasteiger partial charge in [-0.15, -0.1) is 0 Å². The molecular weight excluding hydrogens is 746 g/mol. The third-order valence-corrected chi connectivity index (χ3v) is 11.6. The van der Waals surface area contributed by atoms with E-state index in [0.29, 0.717) is 13.0 Å². The van der Waals surface area contributed by atoms with E-state index in [2.05, 4.69) is 0 Å². The topological polar surface area (TPSA) is 250 Å². The van der Waals surface area contributed by atoms with Crippen LogP contribution in [0.25, 0.3) is 0 Å². The summed E-state index contributed by atoms with van der Waals surface area (Å²) < 4.78 is 22.5. The molecule has 0 spiro atoms. The number of carboxylic acids is 1. The van der Waals surface area contributed by atoms with Crippen molar-refractivity contribution < 1.29 is 73.9 Å². The molecule has 0 aromatic carbocycles. The number of ether oxygens (including phenoxy) is 4. The van der Waals surface area contributed by atoms with Crippen LogP contribution in [0, 0.1) is 5.92 Å². The van der Waals surface area contributed by atoms with E-state index in [4.69, 9.17) is 24.1 Å². The van der Waals surface area contributed by atoms with Gasteiger partial charge in [0.2, 0.25) is 5.91 Å². The number of amides is 1. The van der Waals surface area contributed by atoms with Gasteiger partial charge >= 0.3 is 5.97 Å². The molecule has 0 bridgehead atoms. The number of ketones is 2. The molecule has 3 aliphatic heterocycles. The number of likely N-dealkylation sites (N-methyl/N-ethyl adjacent to an activating group) is 1. The summed E-state index contributed by atoms with van der Waals surface area (Å²) in [6.45, 7) is 1.36. The fraction of sp³-hybridized carbons (Fsp3) is 0.902. The van der Waals surface area contributed by atoms with Crippen molar-refractivity contribution in [1.82, 2.24) is 4.90 Å². The summed E-state index contributed by atoms with van der Waals surface area (Å²) in [6.07, 6.45) is 7.76. The number of nitrogens with zero attached hydrogens (tertiary/aromatic N) is 1. The van der Waals surface area contributed by atoms with Crippen molar-refractivity contribution in [3.05, 3.63) is 0 Å². The molecule has 16 nitrogen and oxygen atoms in total. The maximum Gasteiger partial charge on any atom is 0.305 e. The van der Waals surface area contributed by atoms with Crippen LogP contribution in [0.5, 0.6) is 0 Å². The highest BCUT2D eigenvalue weighted by molar-refractivity contribution is 6.24. The van der Waals surface area contributed by atoms with Crippen LogP contribution in [0.4, 0.5) is 0 Å². The number of likely N-dealkylation sites (tertiary alicyclic amines) is 1. The number of carbonyl (C=O) groups excluding carboxylic acids is 3. The van der Waals surface area contributed by atoms with E-state index in [0.717, 1.165) is 49.8 Å². The van der Waals surface area contributed by atoms with E-state index >= 15 is 0 Å². The van der Waals surface area contributed by atoms with Gasteiger partial charge < -0.3 is 59.6 Å². The predicted octanol–water partition coefficient (Wildman–Crippen LogP) is 2.53. The van der Waals surface area contributed by atoms with Gasteiger partial charge in [-0.3, -0.25) is 19.2 Å². The SMILES string of the molecule is C[C@H]1O[C@@H](OCCCCCCCCCCCCCCCCCCCCCC(=O)C2C(=O)[C@@H](CC(=O)O)N(C)C2=O)[C@H](O)[C@@H](O)[C@@H]1O[C@@H]1O[C@H](CO)[C@@H](O)[C@H](O)[C@H]1O. The van der Waals surface area contributed by atoms with Gasteiger partial charge in [-0.2, -0.15) is 0 Å². The first-order chi connectivity index (χ1) is 27.3. The Balaban J connectivity index is 1.07. The normalized spacial score (nSPS) is 32.0. The Hall–Kier alpha value is -2.12. The van der Waals surface area contributed by atoms with E-state index in [1.165, 1.54) is 77.7 Å². The fourth-order valence-corrected chi connectivity index (χ4v) is 7.98. The quantitative estimate of drug-likeness (QED) is 0.0423. The van der Waals surface area contributed by atoms with Gasteiger partial charge in [-0.1, -0.05) is 109 Å². The number of hydrogen-bond donors (Lipinski definition) is 7. The summed E-state index contributed by atoms with van der Waals surface area (Å²) in [7, 11) is 1.38. The zero-order valence-corrected chi connectivity index (χ0v) is 34.0. The molecule has 3 saturated heterocycles. The molecule has 12 atom stereocenters. The van der Waals surface area contributed by atoms with Crippen LogP contribution in [0.1, 0.15) is 142 Å². The Morgan fingerprint density at radius 1 is 0.649 bits per heavy atom. The molecule has 0 aromatic rings. The number of carbonyl (C=O) groups is 4. The predicted molar refractivity (Wildman–Crippen MR) is 206 cm³/mol. The summed E-state index contributed by atoms with van der Waals surface area (Å²) in [5.41, 5.74) is 0. The lowest BCUT2D eigenvalue weighted by Gasteiger charge is -2.45. The van der Waals surface area contributed by atoms with E-state index < -0.39 is 104 Å². The number of aliphatic carboxylic acids is 1. The summed E-state index contributed by atoms with van der Waals surface area (Å²) in [5.74, 6) is -4.06. The Labute approximate surface area is 337 Å². The number of rotatable bonds is 29. The van der Waals surface area contributed by atoms with Gasteiger partial charge in [-0.05, 0) is 19.8 Å². The highest BCUT2D eigenvalue weighted by atomic mass is 16.7. The molecule has 16 heteroatoms. The molecule has 0 aromatic heterocycles. The number of aliphatic hydroxyl groups excluding tert-OH is 6. The van der Waals surface area contributed by atoms with Crippen LogP contribution < -0.4 is 0 Å². The molecule has 1 unspecified atom stereocenters. The first-order valence-electron chi connectivity index (χ1n) is 21.4. The van der Waals surface area contributed by atoms with Crippen LogP contribution >= 0.6 is 0 Å². The van der Waals surface area contributed by atoms with Gasteiger partial charge in [0, 0.05) is 20.1 Å². The Morgan fingerprint density at radius 3 is 1.61 bits per heavy atom. The Kier molecular flexibility index (Phi) is 22.6. The second-order valence-electron chi connectivity index (χ2n) is 16.2. The van der Waals surface area contributed by atoms with E-state index in [1.54, 1.807) is 6.92 Å². The maximum atomic E-state index is 12.5. The smallest absolute Gasteiger partial charge is 0.305 e. The third kappa shape index (κ3) is 15.5. The minimum atomic E-state index is -1.64.